The molecule has 1 aromatic rings. The summed E-state index contributed by atoms with van der Waals surface area (Å²) in [5.41, 5.74) is 0. The summed E-state index contributed by atoms with van der Waals surface area (Å²) in [5, 5.41) is 2.88. The van der Waals surface area contributed by atoms with Crippen molar-refractivity contribution in [2.75, 3.05) is 19.6 Å². The van der Waals surface area contributed by atoms with E-state index in [2.05, 4.69) is 26.2 Å². The van der Waals surface area contributed by atoms with Crippen molar-refractivity contribution in [3.05, 3.63) is 22.8 Å². The van der Waals surface area contributed by atoms with Crippen molar-refractivity contribution in [3.8, 4) is 5.88 Å². The number of carbonyl (C=O) groups excluding carboxylic acids is 1. The van der Waals surface area contributed by atoms with Crippen LogP contribution < -0.4 is 10.1 Å². The standard InChI is InChI=1S/C13H18BrN3O2/c1-2-6-16-13(18)17-8-5-10(9-17)19-12-11(14)4-3-7-15-12/h3-4,7,10H,2,5-6,8-9H2,1H3,(H,16,18). The minimum absolute atomic E-state index is 0.00645. The Balaban J connectivity index is 1.85. The molecule has 1 atom stereocenters. The number of hydrogen-bond donors (Lipinski definition) is 1. The fourth-order valence-electron chi connectivity index (χ4n) is 1.97. The quantitative estimate of drug-likeness (QED) is 0.923. The Bertz CT molecular complexity index is 442. The normalized spacial score (nSPS) is 18.4. The number of nitrogens with zero attached hydrogens (tertiary/aromatic N) is 2. The summed E-state index contributed by atoms with van der Waals surface area (Å²) in [5.74, 6) is 0.586. The van der Waals surface area contributed by atoms with Crippen LogP contribution in [0.4, 0.5) is 4.79 Å². The van der Waals surface area contributed by atoms with Crippen LogP contribution in [0.2, 0.25) is 0 Å². The minimum atomic E-state index is -0.00645. The van der Waals surface area contributed by atoms with E-state index in [1.54, 1.807) is 11.1 Å². The molecule has 1 saturated heterocycles. The lowest BCUT2D eigenvalue weighted by atomic mass is 10.3. The molecule has 1 N–H and O–H groups in total. The Morgan fingerprint density at radius 3 is 3.26 bits per heavy atom. The van der Waals surface area contributed by atoms with Gasteiger partial charge in [0.05, 0.1) is 11.0 Å². The summed E-state index contributed by atoms with van der Waals surface area (Å²) >= 11 is 3.40. The molecule has 1 unspecified atom stereocenters. The van der Waals surface area contributed by atoms with Gasteiger partial charge in [-0.3, -0.25) is 0 Å². The summed E-state index contributed by atoms with van der Waals surface area (Å²) in [4.78, 5) is 17.8. The van der Waals surface area contributed by atoms with Crippen molar-refractivity contribution in [1.82, 2.24) is 15.2 Å². The second kappa shape index (κ2) is 6.75. The smallest absolute Gasteiger partial charge is 0.317 e. The predicted molar refractivity (Wildman–Crippen MR) is 76.2 cm³/mol. The van der Waals surface area contributed by atoms with E-state index in [4.69, 9.17) is 4.74 Å². The zero-order chi connectivity index (χ0) is 13.7. The SMILES string of the molecule is CCCNC(=O)N1CCC(Oc2ncccc2Br)C1. The zero-order valence-electron chi connectivity index (χ0n) is 10.9. The Kier molecular flexibility index (Phi) is 5.01. The molecule has 0 spiro atoms. The van der Waals surface area contributed by atoms with Gasteiger partial charge in [0.25, 0.3) is 0 Å². The van der Waals surface area contributed by atoms with Gasteiger partial charge in [0.15, 0.2) is 0 Å². The van der Waals surface area contributed by atoms with Gasteiger partial charge < -0.3 is 15.0 Å². The van der Waals surface area contributed by atoms with Crippen molar-refractivity contribution < 1.29 is 9.53 Å². The number of pyridine rings is 1. The number of aromatic nitrogens is 1. The third-order valence-electron chi connectivity index (χ3n) is 2.96. The average Bonchev–Trinajstić information content (AvgIpc) is 2.87. The molecule has 2 rings (SSSR count). The predicted octanol–water partition coefficient (Wildman–Crippen LogP) is 2.42. The highest BCUT2D eigenvalue weighted by atomic mass is 79.9. The van der Waals surface area contributed by atoms with E-state index < -0.39 is 0 Å². The number of nitrogens with one attached hydrogen (secondary N) is 1. The van der Waals surface area contributed by atoms with Crippen LogP contribution in [0.5, 0.6) is 5.88 Å². The van der Waals surface area contributed by atoms with E-state index in [-0.39, 0.29) is 12.1 Å². The number of hydrogen-bond acceptors (Lipinski definition) is 3. The molecule has 6 heteroatoms. The number of urea groups is 1. The average molecular weight is 328 g/mol. The highest BCUT2D eigenvalue weighted by molar-refractivity contribution is 9.10. The maximum atomic E-state index is 11.8. The molecule has 19 heavy (non-hydrogen) atoms. The fourth-order valence-corrected chi connectivity index (χ4v) is 2.32. The van der Waals surface area contributed by atoms with Crippen LogP contribution in [0.15, 0.2) is 22.8 Å². The molecule has 104 valence electrons. The summed E-state index contributed by atoms with van der Waals surface area (Å²) in [7, 11) is 0. The molecule has 1 aliphatic rings. The van der Waals surface area contributed by atoms with Crippen LogP contribution in [-0.4, -0.2) is 41.7 Å². The molecule has 5 nitrogen and oxygen atoms in total. The molecule has 0 radical (unpaired) electrons. The van der Waals surface area contributed by atoms with Gasteiger partial charge in [0.2, 0.25) is 5.88 Å². The number of halogens is 1. The summed E-state index contributed by atoms with van der Waals surface area (Å²) in [6.07, 6.45) is 3.49. The molecule has 1 aromatic heterocycles. The van der Waals surface area contributed by atoms with Gasteiger partial charge in [-0.1, -0.05) is 6.92 Å². The molecule has 0 saturated carbocycles. The molecule has 2 heterocycles. The summed E-state index contributed by atoms with van der Waals surface area (Å²) in [6, 6.07) is 3.73. The maximum absolute atomic E-state index is 11.8. The summed E-state index contributed by atoms with van der Waals surface area (Å²) < 4.78 is 6.65. The largest absolute Gasteiger partial charge is 0.472 e. The van der Waals surface area contributed by atoms with E-state index >= 15 is 0 Å². The van der Waals surface area contributed by atoms with Crippen molar-refractivity contribution in [2.24, 2.45) is 0 Å². The molecule has 0 aromatic carbocycles. The van der Waals surface area contributed by atoms with Crippen molar-refractivity contribution in [2.45, 2.75) is 25.9 Å². The van der Waals surface area contributed by atoms with Crippen LogP contribution in [0, 0.1) is 0 Å². The minimum Gasteiger partial charge on any atom is -0.472 e. The van der Waals surface area contributed by atoms with Gasteiger partial charge in [0.1, 0.15) is 6.10 Å². The number of rotatable bonds is 4. The Morgan fingerprint density at radius 1 is 1.68 bits per heavy atom. The van der Waals surface area contributed by atoms with E-state index in [1.807, 2.05) is 19.1 Å². The van der Waals surface area contributed by atoms with Crippen molar-refractivity contribution >= 4 is 22.0 Å². The molecular formula is C13H18BrN3O2. The first-order valence-electron chi connectivity index (χ1n) is 6.50. The van der Waals surface area contributed by atoms with Crippen molar-refractivity contribution in [1.29, 1.82) is 0 Å². The van der Waals surface area contributed by atoms with Crippen LogP contribution in [0.1, 0.15) is 19.8 Å². The Labute approximate surface area is 121 Å². The monoisotopic (exact) mass is 327 g/mol. The maximum Gasteiger partial charge on any atom is 0.317 e. The van der Waals surface area contributed by atoms with E-state index in [9.17, 15) is 4.79 Å². The van der Waals surface area contributed by atoms with Crippen LogP contribution in [0.25, 0.3) is 0 Å². The van der Waals surface area contributed by atoms with Gasteiger partial charge in [0, 0.05) is 25.7 Å². The zero-order valence-corrected chi connectivity index (χ0v) is 12.5. The van der Waals surface area contributed by atoms with Crippen LogP contribution in [0.3, 0.4) is 0 Å². The number of amides is 2. The third-order valence-corrected chi connectivity index (χ3v) is 3.56. The van der Waals surface area contributed by atoms with E-state index in [0.29, 0.717) is 19.0 Å². The van der Waals surface area contributed by atoms with Gasteiger partial charge >= 0.3 is 6.03 Å². The molecule has 0 bridgehead atoms. The van der Waals surface area contributed by atoms with Gasteiger partial charge in [-0.15, -0.1) is 0 Å². The molecule has 0 aliphatic carbocycles. The fraction of sp³-hybridized carbons (Fsp3) is 0.538. The Morgan fingerprint density at radius 2 is 2.53 bits per heavy atom. The van der Waals surface area contributed by atoms with Gasteiger partial charge in [-0.05, 0) is 34.5 Å². The second-order valence-electron chi connectivity index (χ2n) is 4.50. The van der Waals surface area contributed by atoms with Crippen molar-refractivity contribution in [3.63, 3.8) is 0 Å². The lowest BCUT2D eigenvalue weighted by Crippen LogP contribution is -2.39. The molecular weight excluding hydrogens is 310 g/mol. The highest BCUT2D eigenvalue weighted by Crippen LogP contribution is 2.24. The second-order valence-corrected chi connectivity index (χ2v) is 5.35. The molecule has 1 fully saturated rings. The van der Waals surface area contributed by atoms with Gasteiger partial charge in [-0.2, -0.15) is 0 Å². The first-order chi connectivity index (χ1) is 9.20. The number of ether oxygens (including phenoxy) is 1. The molecule has 1 aliphatic heterocycles. The first kappa shape index (κ1) is 14.1. The van der Waals surface area contributed by atoms with Crippen LogP contribution >= 0.6 is 15.9 Å². The molecule has 2 amide bonds. The topological polar surface area (TPSA) is 54.5 Å². The Hall–Kier alpha value is -1.30. The van der Waals surface area contributed by atoms with E-state index in [1.165, 1.54) is 0 Å². The van der Waals surface area contributed by atoms with E-state index in [0.717, 1.165) is 23.9 Å². The van der Waals surface area contributed by atoms with Gasteiger partial charge in [-0.25, -0.2) is 9.78 Å². The van der Waals surface area contributed by atoms with Crippen LogP contribution in [-0.2, 0) is 0 Å². The number of carbonyl (C=O) groups is 1. The first-order valence-corrected chi connectivity index (χ1v) is 7.30. The highest BCUT2D eigenvalue weighted by Gasteiger charge is 2.28. The third kappa shape index (κ3) is 3.83. The lowest BCUT2D eigenvalue weighted by Gasteiger charge is -2.17. The number of likely N-dealkylation sites (tertiary alicyclic amines) is 1. The summed E-state index contributed by atoms with van der Waals surface area (Å²) in [6.45, 7) is 4.09. The lowest BCUT2D eigenvalue weighted by molar-refractivity contribution is 0.182.